The minimum atomic E-state index is -0.740. The monoisotopic (exact) mass is 496 g/mol. The summed E-state index contributed by atoms with van der Waals surface area (Å²) < 4.78 is 10.4. The Morgan fingerprint density at radius 2 is 1.78 bits per heavy atom. The summed E-state index contributed by atoms with van der Waals surface area (Å²) in [7, 11) is 0. The molecule has 36 heavy (non-hydrogen) atoms. The Kier molecular flexibility index (Phi) is 9.27. The number of alkyl carbamates (subject to hydrolysis) is 1. The molecule has 0 radical (unpaired) electrons. The van der Waals surface area contributed by atoms with Crippen LogP contribution in [0, 0.1) is 0 Å². The van der Waals surface area contributed by atoms with Gasteiger partial charge in [0.25, 0.3) is 0 Å². The third-order valence-corrected chi connectivity index (χ3v) is 5.66. The maximum atomic E-state index is 13.6. The number of hydrogen-bond donors (Lipinski definition) is 1. The smallest absolute Gasteiger partial charge is 0.408 e. The second kappa shape index (κ2) is 12.4. The van der Waals surface area contributed by atoms with Crippen LogP contribution in [0.2, 0.25) is 0 Å². The van der Waals surface area contributed by atoms with E-state index in [4.69, 9.17) is 9.47 Å². The molecule has 194 valence electrons. The zero-order valence-corrected chi connectivity index (χ0v) is 21.5. The van der Waals surface area contributed by atoms with Crippen molar-refractivity contribution in [3.8, 4) is 0 Å². The average Bonchev–Trinajstić information content (AvgIpc) is 3.09. The normalized spacial score (nSPS) is 15.0. The second-order valence-corrected chi connectivity index (χ2v) is 9.68. The van der Waals surface area contributed by atoms with Gasteiger partial charge in [0.15, 0.2) is 0 Å². The summed E-state index contributed by atoms with van der Waals surface area (Å²) in [5, 5.41) is 2.79. The fraction of sp³-hybridized carbons (Fsp3) is 0.481. The maximum absolute atomic E-state index is 13.6. The lowest BCUT2D eigenvalue weighted by Crippen LogP contribution is -2.51. The first-order valence-electron chi connectivity index (χ1n) is 12.4. The Morgan fingerprint density at radius 3 is 2.42 bits per heavy atom. The third kappa shape index (κ3) is 7.96. The first-order valence-corrected chi connectivity index (χ1v) is 12.4. The summed E-state index contributed by atoms with van der Waals surface area (Å²) >= 11 is 0. The van der Waals surface area contributed by atoms with Gasteiger partial charge >= 0.3 is 12.1 Å². The van der Waals surface area contributed by atoms with Gasteiger partial charge in [0.05, 0.1) is 12.2 Å². The van der Waals surface area contributed by atoms with E-state index in [0.29, 0.717) is 38.2 Å². The standard InChI is InChI=1S/C27H36N4O5/c1-5-35-25(33)21-12-13-23(28-19-21)30-14-9-15-31(17-16-30)24(32)22(18-20-10-7-6-8-11-20)29-26(34)36-27(2,3)4/h6-8,10-13,19,22H,5,9,14-18H2,1-4H3,(H,29,34). The molecule has 1 fully saturated rings. The van der Waals surface area contributed by atoms with Crippen molar-refractivity contribution in [1.29, 1.82) is 0 Å². The lowest BCUT2D eigenvalue weighted by atomic mass is 10.0. The van der Waals surface area contributed by atoms with Gasteiger partial charge in [-0.2, -0.15) is 0 Å². The van der Waals surface area contributed by atoms with E-state index < -0.39 is 23.7 Å². The van der Waals surface area contributed by atoms with Gasteiger partial charge in [-0.1, -0.05) is 30.3 Å². The summed E-state index contributed by atoms with van der Waals surface area (Å²) in [5.74, 6) is 0.202. The number of pyridine rings is 1. The molecule has 1 N–H and O–H groups in total. The molecular weight excluding hydrogens is 460 g/mol. The summed E-state index contributed by atoms with van der Waals surface area (Å²) in [6.45, 7) is 9.80. The molecule has 1 saturated heterocycles. The molecule has 1 aromatic heterocycles. The molecule has 0 bridgehead atoms. The van der Waals surface area contributed by atoms with Crippen LogP contribution in [0.1, 0.15) is 50.0 Å². The van der Waals surface area contributed by atoms with Gasteiger partial charge in [-0.05, 0) is 51.8 Å². The number of amides is 2. The van der Waals surface area contributed by atoms with Gasteiger partial charge in [0, 0.05) is 38.8 Å². The van der Waals surface area contributed by atoms with Crippen molar-refractivity contribution < 1.29 is 23.9 Å². The van der Waals surface area contributed by atoms with Crippen molar-refractivity contribution in [3.05, 3.63) is 59.8 Å². The van der Waals surface area contributed by atoms with Crippen LogP contribution in [0.15, 0.2) is 48.7 Å². The molecule has 1 aliphatic rings. The molecule has 2 amide bonds. The van der Waals surface area contributed by atoms with Crippen LogP contribution in [-0.4, -0.2) is 72.3 Å². The fourth-order valence-electron chi connectivity index (χ4n) is 4.00. The van der Waals surface area contributed by atoms with E-state index in [1.54, 1.807) is 44.7 Å². The Morgan fingerprint density at radius 1 is 1.03 bits per heavy atom. The average molecular weight is 497 g/mol. The molecule has 2 heterocycles. The highest BCUT2D eigenvalue weighted by Crippen LogP contribution is 2.17. The molecule has 0 spiro atoms. The zero-order chi connectivity index (χ0) is 26.1. The maximum Gasteiger partial charge on any atom is 0.408 e. The lowest BCUT2D eigenvalue weighted by molar-refractivity contribution is -0.133. The van der Waals surface area contributed by atoms with E-state index in [2.05, 4.69) is 15.2 Å². The number of nitrogens with one attached hydrogen (secondary N) is 1. The minimum absolute atomic E-state index is 0.141. The topological polar surface area (TPSA) is 101 Å². The van der Waals surface area contributed by atoms with Crippen molar-refractivity contribution in [2.45, 2.75) is 52.2 Å². The van der Waals surface area contributed by atoms with Gasteiger partial charge in [-0.25, -0.2) is 14.6 Å². The zero-order valence-electron chi connectivity index (χ0n) is 21.5. The second-order valence-electron chi connectivity index (χ2n) is 9.68. The van der Waals surface area contributed by atoms with Crippen LogP contribution < -0.4 is 10.2 Å². The van der Waals surface area contributed by atoms with Gasteiger partial charge < -0.3 is 24.6 Å². The van der Waals surface area contributed by atoms with Crippen molar-refractivity contribution in [1.82, 2.24) is 15.2 Å². The predicted octanol–water partition coefficient (Wildman–Crippen LogP) is 3.43. The van der Waals surface area contributed by atoms with Crippen LogP contribution in [-0.2, 0) is 20.7 Å². The summed E-state index contributed by atoms with van der Waals surface area (Å²) in [6.07, 6.45) is 2.02. The molecule has 1 aliphatic heterocycles. The number of carbonyl (C=O) groups is 3. The predicted molar refractivity (Wildman–Crippen MR) is 137 cm³/mol. The number of anilines is 1. The molecule has 9 heteroatoms. The highest BCUT2D eigenvalue weighted by Gasteiger charge is 2.29. The van der Waals surface area contributed by atoms with E-state index in [0.717, 1.165) is 24.3 Å². The molecule has 1 unspecified atom stereocenters. The van der Waals surface area contributed by atoms with Gasteiger partial charge in [-0.3, -0.25) is 4.79 Å². The number of nitrogens with zero attached hydrogens (tertiary/aromatic N) is 3. The van der Waals surface area contributed by atoms with Crippen molar-refractivity contribution >= 4 is 23.8 Å². The molecule has 1 atom stereocenters. The highest BCUT2D eigenvalue weighted by molar-refractivity contribution is 5.89. The molecule has 9 nitrogen and oxygen atoms in total. The van der Waals surface area contributed by atoms with E-state index in [-0.39, 0.29) is 5.91 Å². The molecule has 2 aromatic rings. The highest BCUT2D eigenvalue weighted by atomic mass is 16.6. The molecular formula is C27H36N4O5. The van der Waals surface area contributed by atoms with Gasteiger partial charge in [0.1, 0.15) is 17.5 Å². The lowest BCUT2D eigenvalue weighted by Gasteiger charge is -2.28. The van der Waals surface area contributed by atoms with E-state index in [1.165, 1.54) is 6.20 Å². The van der Waals surface area contributed by atoms with Crippen LogP contribution in [0.3, 0.4) is 0 Å². The van der Waals surface area contributed by atoms with Crippen LogP contribution in [0.4, 0.5) is 10.6 Å². The van der Waals surface area contributed by atoms with Crippen molar-refractivity contribution in [2.24, 2.45) is 0 Å². The van der Waals surface area contributed by atoms with Crippen LogP contribution in [0.5, 0.6) is 0 Å². The SMILES string of the molecule is CCOC(=O)c1ccc(N2CCCN(C(=O)C(Cc3ccccc3)NC(=O)OC(C)(C)C)CC2)nc1. The quantitative estimate of drug-likeness (QED) is 0.586. The Bertz CT molecular complexity index is 1020. The van der Waals surface area contributed by atoms with Crippen molar-refractivity contribution in [3.63, 3.8) is 0 Å². The molecule has 1 aromatic carbocycles. The van der Waals surface area contributed by atoms with Crippen LogP contribution in [0.25, 0.3) is 0 Å². The molecule has 0 aliphatic carbocycles. The number of rotatable bonds is 7. The summed E-state index contributed by atoms with van der Waals surface area (Å²) in [5.41, 5.74) is 0.696. The Balaban J connectivity index is 1.67. The third-order valence-electron chi connectivity index (χ3n) is 5.66. The van der Waals surface area contributed by atoms with Crippen LogP contribution >= 0.6 is 0 Å². The minimum Gasteiger partial charge on any atom is -0.462 e. The Hall–Kier alpha value is -3.62. The summed E-state index contributed by atoms with van der Waals surface area (Å²) in [6, 6.07) is 12.4. The van der Waals surface area contributed by atoms with E-state index in [1.807, 2.05) is 30.3 Å². The first kappa shape index (κ1) is 27.0. The number of benzene rings is 1. The molecule has 0 saturated carbocycles. The largest absolute Gasteiger partial charge is 0.462 e. The fourth-order valence-corrected chi connectivity index (χ4v) is 4.00. The summed E-state index contributed by atoms with van der Waals surface area (Å²) in [4.78, 5) is 46.3. The Labute approximate surface area is 212 Å². The number of ether oxygens (including phenoxy) is 2. The van der Waals surface area contributed by atoms with Gasteiger partial charge in [-0.15, -0.1) is 0 Å². The van der Waals surface area contributed by atoms with E-state index >= 15 is 0 Å². The number of esters is 1. The number of aromatic nitrogens is 1. The van der Waals surface area contributed by atoms with Gasteiger partial charge in [0.2, 0.25) is 5.91 Å². The van der Waals surface area contributed by atoms with E-state index in [9.17, 15) is 14.4 Å². The number of hydrogen-bond acceptors (Lipinski definition) is 7. The number of carbonyl (C=O) groups excluding carboxylic acids is 3. The first-order chi connectivity index (χ1) is 17.2. The van der Waals surface area contributed by atoms with Crippen molar-refractivity contribution in [2.75, 3.05) is 37.7 Å². The molecule has 3 rings (SSSR count).